The molecule has 2 amide bonds. The minimum atomic E-state index is -0.165. The lowest BCUT2D eigenvalue weighted by atomic mass is 10.1. The summed E-state index contributed by atoms with van der Waals surface area (Å²) in [4.78, 5) is 30.5. The summed E-state index contributed by atoms with van der Waals surface area (Å²) in [5.41, 5.74) is 1.76. The molecule has 1 aromatic rings. The van der Waals surface area contributed by atoms with E-state index < -0.39 is 0 Å². The summed E-state index contributed by atoms with van der Waals surface area (Å²) in [6.07, 6.45) is 0. The van der Waals surface area contributed by atoms with Crippen molar-refractivity contribution in [2.75, 3.05) is 50.8 Å². The normalized spacial score (nSPS) is 18.6. The predicted octanol–water partition coefficient (Wildman–Crippen LogP) is 0.885. The number of likely N-dealkylation sites (N-methyl/N-ethyl adjacent to an activating group) is 1. The zero-order valence-corrected chi connectivity index (χ0v) is 13.7. The number of aryl methyl sites for hydroxylation is 1. The maximum atomic E-state index is 12.6. The number of amides is 2. The molecule has 124 valence electrons. The van der Waals surface area contributed by atoms with Crippen molar-refractivity contribution in [3.05, 3.63) is 23.8 Å². The van der Waals surface area contributed by atoms with E-state index in [1.807, 2.05) is 30.0 Å². The van der Waals surface area contributed by atoms with Gasteiger partial charge in [-0.15, -0.1) is 0 Å². The molecule has 6 heteroatoms. The van der Waals surface area contributed by atoms with E-state index in [9.17, 15) is 9.59 Å². The van der Waals surface area contributed by atoms with Gasteiger partial charge in [-0.3, -0.25) is 14.5 Å². The number of ether oxygens (including phenoxy) is 1. The molecule has 6 nitrogen and oxygen atoms in total. The quantitative estimate of drug-likeness (QED) is 0.831. The van der Waals surface area contributed by atoms with Gasteiger partial charge in [-0.1, -0.05) is 13.0 Å². The maximum absolute atomic E-state index is 12.6. The molecule has 2 aliphatic heterocycles. The van der Waals surface area contributed by atoms with Crippen molar-refractivity contribution in [2.45, 2.75) is 13.8 Å². The van der Waals surface area contributed by atoms with Crippen molar-refractivity contribution in [3.8, 4) is 5.75 Å². The van der Waals surface area contributed by atoms with E-state index in [1.54, 1.807) is 4.90 Å². The number of nitrogens with zero attached hydrogens (tertiary/aromatic N) is 3. The second-order valence-corrected chi connectivity index (χ2v) is 6.05. The molecule has 1 saturated heterocycles. The van der Waals surface area contributed by atoms with Crippen LogP contribution >= 0.6 is 0 Å². The number of hydrogen-bond donors (Lipinski definition) is 0. The molecule has 3 rings (SSSR count). The monoisotopic (exact) mass is 317 g/mol. The largest absolute Gasteiger partial charge is 0.482 e. The Labute approximate surface area is 136 Å². The van der Waals surface area contributed by atoms with Crippen LogP contribution in [0.4, 0.5) is 5.69 Å². The number of anilines is 1. The van der Waals surface area contributed by atoms with Gasteiger partial charge < -0.3 is 14.5 Å². The first-order valence-corrected chi connectivity index (χ1v) is 8.12. The number of fused-ring (bicyclic) bond motifs is 1. The van der Waals surface area contributed by atoms with Crippen molar-refractivity contribution in [1.82, 2.24) is 9.80 Å². The zero-order valence-electron chi connectivity index (χ0n) is 13.7. The Balaban J connectivity index is 1.70. The Bertz CT molecular complexity index is 609. The molecule has 0 aromatic heterocycles. The van der Waals surface area contributed by atoms with Gasteiger partial charge in [0.1, 0.15) is 12.3 Å². The van der Waals surface area contributed by atoms with E-state index in [0.29, 0.717) is 11.4 Å². The van der Waals surface area contributed by atoms with Gasteiger partial charge in [-0.25, -0.2) is 0 Å². The highest BCUT2D eigenvalue weighted by molar-refractivity contribution is 6.02. The molecular weight excluding hydrogens is 294 g/mol. The van der Waals surface area contributed by atoms with Crippen LogP contribution in [0.3, 0.4) is 0 Å². The van der Waals surface area contributed by atoms with Gasteiger partial charge in [-0.2, -0.15) is 0 Å². The lowest BCUT2D eigenvalue weighted by molar-refractivity contribution is -0.133. The van der Waals surface area contributed by atoms with Crippen LogP contribution in [0, 0.1) is 6.92 Å². The molecule has 2 heterocycles. The molecule has 23 heavy (non-hydrogen) atoms. The number of carbonyl (C=O) groups is 2. The molecule has 2 aliphatic rings. The third-order valence-corrected chi connectivity index (χ3v) is 4.52. The fourth-order valence-corrected chi connectivity index (χ4v) is 3.03. The van der Waals surface area contributed by atoms with Gasteiger partial charge in [0.05, 0.1) is 5.69 Å². The van der Waals surface area contributed by atoms with E-state index in [-0.39, 0.29) is 25.0 Å². The first kappa shape index (κ1) is 15.8. The van der Waals surface area contributed by atoms with Crippen molar-refractivity contribution in [1.29, 1.82) is 0 Å². The number of benzene rings is 1. The Morgan fingerprint density at radius 3 is 2.65 bits per heavy atom. The average molecular weight is 317 g/mol. The highest BCUT2D eigenvalue weighted by Gasteiger charge is 2.29. The minimum Gasteiger partial charge on any atom is -0.482 e. The summed E-state index contributed by atoms with van der Waals surface area (Å²) >= 11 is 0. The van der Waals surface area contributed by atoms with Crippen molar-refractivity contribution in [2.24, 2.45) is 0 Å². The van der Waals surface area contributed by atoms with Crippen LogP contribution in [0.15, 0.2) is 18.2 Å². The summed E-state index contributed by atoms with van der Waals surface area (Å²) in [7, 11) is 0. The highest BCUT2D eigenvalue weighted by Crippen LogP contribution is 2.32. The molecule has 0 N–H and O–H groups in total. The minimum absolute atomic E-state index is 0.00234. The van der Waals surface area contributed by atoms with Gasteiger partial charge in [0, 0.05) is 26.2 Å². The Hall–Kier alpha value is -2.08. The standard InChI is InChI=1S/C17H23N3O3/c1-3-18-6-8-19(9-7-18)16(21)11-20-14-5-4-13(2)10-15(14)23-12-17(20)22/h4-5,10H,3,6-9,11-12H2,1-2H3. The number of carbonyl (C=O) groups excluding carboxylic acids is 2. The predicted molar refractivity (Wildman–Crippen MR) is 87.7 cm³/mol. The molecule has 0 atom stereocenters. The number of piperazine rings is 1. The van der Waals surface area contributed by atoms with Crippen molar-refractivity contribution >= 4 is 17.5 Å². The van der Waals surface area contributed by atoms with E-state index in [0.717, 1.165) is 38.3 Å². The summed E-state index contributed by atoms with van der Waals surface area (Å²) in [6.45, 7) is 8.45. The van der Waals surface area contributed by atoms with Crippen LogP contribution in [-0.4, -0.2) is 67.5 Å². The molecule has 0 saturated carbocycles. The Kier molecular flexibility index (Phi) is 4.52. The fourth-order valence-electron chi connectivity index (χ4n) is 3.03. The molecule has 0 bridgehead atoms. The summed E-state index contributed by atoms with van der Waals surface area (Å²) < 4.78 is 5.48. The lowest BCUT2D eigenvalue weighted by Crippen LogP contribution is -2.52. The number of rotatable bonds is 3. The molecule has 1 aromatic carbocycles. The Morgan fingerprint density at radius 1 is 1.22 bits per heavy atom. The van der Waals surface area contributed by atoms with Crippen LogP contribution in [0.2, 0.25) is 0 Å². The maximum Gasteiger partial charge on any atom is 0.265 e. The van der Waals surface area contributed by atoms with Crippen LogP contribution in [0.1, 0.15) is 12.5 Å². The highest BCUT2D eigenvalue weighted by atomic mass is 16.5. The first-order chi connectivity index (χ1) is 11.1. The fraction of sp³-hybridized carbons (Fsp3) is 0.529. The molecule has 0 aliphatic carbocycles. The van der Waals surface area contributed by atoms with Gasteiger partial charge in [0.25, 0.3) is 5.91 Å². The third kappa shape index (κ3) is 3.32. The van der Waals surface area contributed by atoms with E-state index in [4.69, 9.17) is 4.74 Å². The van der Waals surface area contributed by atoms with E-state index in [2.05, 4.69) is 11.8 Å². The SMILES string of the molecule is CCN1CCN(C(=O)CN2C(=O)COc3cc(C)ccc32)CC1. The molecule has 0 radical (unpaired) electrons. The number of hydrogen-bond acceptors (Lipinski definition) is 4. The van der Waals surface area contributed by atoms with Crippen molar-refractivity contribution in [3.63, 3.8) is 0 Å². The van der Waals surface area contributed by atoms with E-state index in [1.165, 1.54) is 0 Å². The second-order valence-electron chi connectivity index (χ2n) is 6.05. The van der Waals surface area contributed by atoms with Crippen molar-refractivity contribution < 1.29 is 14.3 Å². The van der Waals surface area contributed by atoms with E-state index >= 15 is 0 Å². The topological polar surface area (TPSA) is 53.1 Å². The summed E-state index contributed by atoms with van der Waals surface area (Å²) in [6, 6.07) is 5.68. The lowest BCUT2D eigenvalue weighted by Gasteiger charge is -2.36. The average Bonchev–Trinajstić information content (AvgIpc) is 2.57. The van der Waals surface area contributed by atoms with Gasteiger partial charge in [0.2, 0.25) is 5.91 Å². The van der Waals surface area contributed by atoms with Crippen LogP contribution in [-0.2, 0) is 9.59 Å². The van der Waals surface area contributed by atoms with Crippen LogP contribution in [0.25, 0.3) is 0 Å². The molecule has 0 unspecified atom stereocenters. The third-order valence-electron chi connectivity index (χ3n) is 4.52. The van der Waals surface area contributed by atoms with Crippen LogP contribution in [0.5, 0.6) is 5.75 Å². The first-order valence-electron chi connectivity index (χ1n) is 8.12. The zero-order chi connectivity index (χ0) is 16.4. The Morgan fingerprint density at radius 2 is 1.96 bits per heavy atom. The molecule has 0 spiro atoms. The van der Waals surface area contributed by atoms with Gasteiger partial charge in [-0.05, 0) is 31.2 Å². The molecule has 1 fully saturated rings. The summed E-state index contributed by atoms with van der Waals surface area (Å²) in [5, 5.41) is 0. The second kappa shape index (κ2) is 6.58. The van der Waals surface area contributed by atoms with Crippen LogP contribution < -0.4 is 9.64 Å². The summed E-state index contributed by atoms with van der Waals surface area (Å²) in [5.74, 6) is 0.512. The molecular formula is C17H23N3O3. The smallest absolute Gasteiger partial charge is 0.265 e. The van der Waals surface area contributed by atoms with Gasteiger partial charge in [0.15, 0.2) is 6.61 Å². The van der Waals surface area contributed by atoms with Gasteiger partial charge >= 0.3 is 0 Å².